The molecule has 9 heteroatoms. The number of halogens is 1. The molecule has 3 aromatic rings. The maximum Gasteiger partial charge on any atom is 0.222 e. The van der Waals surface area contributed by atoms with Crippen LogP contribution in [-0.2, 0) is 6.54 Å². The molecule has 0 fully saturated rings. The first-order chi connectivity index (χ1) is 16.4. The summed E-state index contributed by atoms with van der Waals surface area (Å²) < 4.78 is -0.456. The summed E-state index contributed by atoms with van der Waals surface area (Å²) in [7, 11) is 0. The van der Waals surface area contributed by atoms with Crippen molar-refractivity contribution in [3.05, 3.63) is 64.3 Å². The van der Waals surface area contributed by atoms with Crippen molar-refractivity contribution in [3.63, 3.8) is 0 Å². The summed E-state index contributed by atoms with van der Waals surface area (Å²) in [6.07, 6.45) is 7.68. The number of hydrogen-bond donors (Lipinski definition) is 1. The molecule has 34 heavy (non-hydrogen) atoms. The number of hydroxylamine groups is 3. The first-order valence-electron chi connectivity index (χ1n) is 11.9. The van der Waals surface area contributed by atoms with E-state index in [1.807, 2.05) is 12.3 Å². The van der Waals surface area contributed by atoms with E-state index in [0.29, 0.717) is 30.7 Å². The van der Waals surface area contributed by atoms with E-state index in [1.165, 1.54) is 0 Å². The van der Waals surface area contributed by atoms with E-state index in [0.717, 1.165) is 53.6 Å². The van der Waals surface area contributed by atoms with Crippen LogP contribution < -0.4 is 0 Å². The molecule has 8 nitrogen and oxygen atoms in total. The maximum atomic E-state index is 13.6. The van der Waals surface area contributed by atoms with Gasteiger partial charge in [-0.2, -0.15) is 5.21 Å². The van der Waals surface area contributed by atoms with Gasteiger partial charge in [0.15, 0.2) is 6.67 Å². The molecule has 0 bridgehead atoms. The van der Waals surface area contributed by atoms with Crippen molar-refractivity contribution in [1.82, 2.24) is 30.5 Å². The molecule has 4 rings (SSSR count). The van der Waals surface area contributed by atoms with Gasteiger partial charge < -0.3 is 10.1 Å². The van der Waals surface area contributed by atoms with Crippen LogP contribution in [0.5, 0.6) is 0 Å². The Balaban J connectivity index is 1.55. The number of unbranched alkanes of at least 4 members (excludes halogenated alkanes) is 2. The van der Waals surface area contributed by atoms with Crippen LogP contribution >= 0.6 is 11.6 Å². The predicted octanol–water partition coefficient (Wildman–Crippen LogP) is 5.66. The number of allylic oxidation sites excluding steroid dienone is 1. The lowest BCUT2D eigenvalue weighted by Gasteiger charge is -2.39. The highest BCUT2D eigenvalue weighted by Gasteiger charge is 2.38. The zero-order valence-corrected chi connectivity index (χ0v) is 20.8. The molecule has 3 heterocycles. The third-order valence-electron chi connectivity index (χ3n) is 6.10. The number of H-pyrrole nitrogens is 1. The van der Waals surface area contributed by atoms with Crippen molar-refractivity contribution in [2.75, 3.05) is 13.2 Å². The number of aromatic amines is 1. The maximum absolute atomic E-state index is 13.6. The molecule has 0 aliphatic carbocycles. The molecule has 1 aliphatic rings. The summed E-state index contributed by atoms with van der Waals surface area (Å²) in [6, 6.07) is 10.2. The van der Waals surface area contributed by atoms with E-state index >= 15 is 0 Å². The smallest absolute Gasteiger partial charge is 0.222 e. The second kappa shape index (κ2) is 10.6. The lowest BCUT2D eigenvalue weighted by Crippen LogP contribution is -2.43. The van der Waals surface area contributed by atoms with Gasteiger partial charge in [-0.25, -0.2) is 0 Å². The van der Waals surface area contributed by atoms with Crippen molar-refractivity contribution >= 4 is 11.6 Å². The number of nitrogens with one attached hydrogen (secondary N) is 1. The summed E-state index contributed by atoms with van der Waals surface area (Å²) in [6.45, 7) is 7.84. The first-order valence-corrected chi connectivity index (χ1v) is 12.3. The molecule has 1 aromatic carbocycles. The van der Waals surface area contributed by atoms with Crippen LogP contribution in [0.25, 0.3) is 22.5 Å². The Hall–Kier alpha value is -2.81. The quantitative estimate of drug-likeness (QED) is 0.174. The Kier molecular flexibility index (Phi) is 7.60. The van der Waals surface area contributed by atoms with Crippen molar-refractivity contribution in [2.45, 2.75) is 53.0 Å². The molecule has 0 saturated carbocycles. The number of pyridine rings is 1. The number of hydrogen-bond acceptors (Lipinski definition) is 6. The molecular formula is C25H32ClN7O. The molecule has 1 unspecified atom stereocenters. The van der Waals surface area contributed by atoms with Gasteiger partial charge in [-0.3, -0.25) is 9.63 Å². The number of nitrogens with zero attached hydrogens (tertiary/aromatic N) is 6. The SMILES string of the molecule is CCCCCC1=C(Cl)[N+]([O-])(CC(C)C)CN1Cc1ccc(-c2cnccc2-c2nn[nH]n2)cc1. The van der Waals surface area contributed by atoms with Gasteiger partial charge in [-0.1, -0.05) is 57.9 Å². The van der Waals surface area contributed by atoms with E-state index in [4.69, 9.17) is 11.6 Å². The highest BCUT2D eigenvalue weighted by atomic mass is 35.5. The topological polar surface area (TPSA) is 93.6 Å². The third-order valence-corrected chi connectivity index (χ3v) is 6.63. The molecule has 0 spiro atoms. The van der Waals surface area contributed by atoms with E-state index < -0.39 is 4.65 Å². The Morgan fingerprint density at radius 1 is 1.15 bits per heavy atom. The van der Waals surface area contributed by atoms with Crippen LogP contribution in [0.3, 0.4) is 0 Å². The Labute approximate surface area is 205 Å². The lowest BCUT2D eigenvalue weighted by molar-refractivity contribution is -0.841. The lowest BCUT2D eigenvalue weighted by atomic mass is 10.0. The molecule has 1 aliphatic heterocycles. The fraction of sp³-hybridized carbons (Fsp3) is 0.440. The summed E-state index contributed by atoms with van der Waals surface area (Å²) in [4.78, 5) is 6.46. The van der Waals surface area contributed by atoms with Crippen molar-refractivity contribution in [1.29, 1.82) is 0 Å². The van der Waals surface area contributed by atoms with E-state index in [2.05, 4.69) is 75.5 Å². The highest BCUT2D eigenvalue weighted by Crippen LogP contribution is 2.38. The summed E-state index contributed by atoms with van der Waals surface area (Å²) in [5.41, 5.74) is 4.95. The van der Waals surface area contributed by atoms with Gasteiger partial charge in [0, 0.05) is 36.0 Å². The van der Waals surface area contributed by atoms with Gasteiger partial charge in [-0.15, -0.1) is 10.2 Å². The van der Waals surface area contributed by atoms with Gasteiger partial charge in [0.25, 0.3) is 0 Å². The van der Waals surface area contributed by atoms with Crippen molar-refractivity contribution in [2.24, 2.45) is 5.92 Å². The number of quaternary nitrogens is 1. The van der Waals surface area contributed by atoms with Gasteiger partial charge in [0.2, 0.25) is 11.0 Å². The summed E-state index contributed by atoms with van der Waals surface area (Å²) in [5.74, 6) is 0.806. The minimum atomic E-state index is -0.456. The third kappa shape index (κ3) is 5.29. The Morgan fingerprint density at radius 2 is 1.94 bits per heavy atom. The van der Waals surface area contributed by atoms with E-state index in [-0.39, 0.29) is 5.92 Å². The second-order valence-electron chi connectivity index (χ2n) is 9.35. The van der Waals surface area contributed by atoms with Gasteiger partial charge >= 0.3 is 0 Å². The predicted molar refractivity (Wildman–Crippen MR) is 134 cm³/mol. The molecule has 0 radical (unpaired) electrons. The van der Waals surface area contributed by atoms with Crippen molar-refractivity contribution < 1.29 is 4.65 Å². The minimum Gasteiger partial charge on any atom is -0.625 e. The first kappa shape index (κ1) is 24.3. The minimum absolute atomic E-state index is 0.273. The van der Waals surface area contributed by atoms with Gasteiger partial charge in [0.05, 0.1) is 12.2 Å². The number of benzene rings is 1. The zero-order valence-electron chi connectivity index (χ0n) is 20.0. The van der Waals surface area contributed by atoms with E-state index in [9.17, 15) is 5.21 Å². The van der Waals surface area contributed by atoms with Gasteiger partial charge in [0.1, 0.15) is 0 Å². The molecule has 1 atom stereocenters. The average Bonchev–Trinajstić information content (AvgIpc) is 3.43. The zero-order chi connectivity index (χ0) is 24.1. The fourth-order valence-electron chi connectivity index (χ4n) is 4.57. The molecule has 0 amide bonds. The van der Waals surface area contributed by atoms with E-state index in [1.54, 1.807) is 6.20 Å². The number of aromatic nitrogens is 5. The standard InChI is InChI=1S/C25H32ClN7O/c1-4-5-6-7-23-24(26)33(34,16-18(2)3)17-32(23)15-19-8-10-20(11-9-19)22-14-27-13-12-21(22)25-28-30-31-29-25/h8-14,18H,4-7,15-17H2,1-3H3,(H,28,29,30,31). The van der Waals surface area contributed by atoms with Crippen LogP contribution in [-0.4, -0.2) is 48.4 Å². The average molecular weight is 482 g/mol. The van der Waals surface area contributed by atoms with Crippen LogP contribution in [0, 0.1) is 11.1 Å². The summed E-state index contributed by atoms with van der Waals surface area (Å²) >= 11 is 6.71. The molecule has 180 valence electrons. The number of rotatable bonds is 10. The van der Waals surface area contributed by atoms with Crippen LogP contribution in [0.15, 0.2) is 53.6 Å². The Morgan fingerprint density at radius 3 is 2.62 bits per heavy atom. The largest absolute Gasteiger partial charge is 0.625 e. The molecule has 0 saturated heterocycles. The number of tetrazole rings is 1. The van der Waals surface area contributed by atoms with Crippen LogP contribution in [0.1, 0.15) is 52.0 Å². The monoisotopic (exact) mass is 481 g/mol. The fourth-order valence-corrected chi connectivity index (χ4v) is 4.91. The molecular weight excluding hydrogens is 450 g/mol. The molecule has 1 N–H and O–H groups in total. The van der Waals surface area contributed by atoms with Gasteiger partial charge in [-0.05, 0) is 46.8 Å². The molecule has 2 aromatic heterocycles. The normalized spacial score (nSPS) is 18.4. The van der Waals surface area contributed by atoms with Crippen LogP contribution in [0.4, 0.5) is 0 Å². The Bertz CT molecular complexity index is 1110. The second-order valence-corrected chi connectivity index (χ2v) is 9.71. The van der Waals surface area contributed by atoms with Crippen molar-refractivity contribution in [3.8, 4) is 22.5 Å². The van der Waals surface area contributed by atoms with Crippen LogP contribution in [0.2, 0.25) is 0 Å². The highest BCUT2D eigenvalue weighted by molar-refractivity contribution is 6.28. The summed E-state index contributed by atoms with van der Waals surface area (Å²) in [5, 5.41) is 28.4.